The number of halogens is 1. The van der Waals surface area contributed by atoms with Crippen LogP contribution in [-0.2, 0) is 6.42 Å². The van der Waals surface area contributed by atoms with Crippen LogP contribution in [0.25, 0.3) is 0 Å². The van der Waals surface area contributed by atoms with Gasteiger partial charge >= 0.3 is 0 Å². The van der Waals surface area contributed by atoms with E-state index in [-0.39, 0.29) is 6.10 Å². The van der Waals surface area contributed by atoms with Gasteiger partial charge in [-0.15, -0.1) is 0 Å². The number of rotatable bonds is 2. The Morgan fingerprint density at radius 1 is 1.26 bits per heavy atom. The van der Waals surface area contributed by atoms with E-state index in [9.17, 15) is 5.11 Å². The molecule has 2 aromatic rings. The van der Waals surface area contributed by atoms with Gasteiger partial charge in [-0.05, 0) is 36.2 Å². The van der Waals surface area contributed by atoms with Crippen molar-refractivity contribution in [2.24, 2.45) is 0 Å². The van der Waals surface area contributed by atoms with Crippen LogP contribution in [0, 0.1) is 0 Å². The van der Waals surface area contributed by atoms with E-state index in [1.54, 1.807) is 6.07 Å². The van der Waals surface area contributed by atoms with Crippen LogP contribution in [0.4, 0.5) is 0 Å². The first-order valence-electron chi connectivity index (χ1n) is 6.37. The normalized spacial score (nSPS) is 18.8. The molecule has 0 spiro atoms. The minimum absolute atomic E-state index is 0.211. The molecule has 0 radical (unpaired) electrons. The number of aliphatic hydroxyl groups excluding tert-OH is 1. The summed E-state index contributed by atoms with van der Waals surface area (Å²) in [5.41, 5.74) is 2.73. The van der Waals surface area contributed by atoms with Gasteiger partial charge in [-0.1, -0.05) is 35.9 Å². The molecular weight excluding hydrogens is 260 g/mol. The van der Waals surface area contributed by atoms with Crippen LogP contribution in [0.2, 0.25) is 5.02 Å². The van der Waals surface area contributed by atoms with Crippen molar-refractivity contribution >= 4 is 11.6 Å². The van der Waals surface area contributed by atoms with Gasteiger partial charge in [0, 0.05) is 17.0 Å². The fourth-order valence-corrected chi connectivity index (χ4v) is 2.73. The Morgan fingerprint density at radius 2 is 2.05 bits per heavy atom. The third-order valence-electron chi connectivity index (χ3n) is 3.44. The molecule has 2 nitrogen and oxygen atoms in total. The molecule has 2 aromatic carbocycles. The van der Waals surface area contributed by atoms with Crippen LogP contribution in [0.5, 0.6) is 5.75 Å². The van der Waals surface area contributed by atoms with Crippen molar-refractivity contribution in [2.45, 2.75) is 25.6 Å². The molecule has 0 saturated heterocycles. The predicted octanol–water partition coefficient (Wildman–Crippen LogP) is 3.75. The monoisotopic (exact) mass is 274 g/mol. The van der Waals surface area contributed by atoms with E-state index in [4.69, 9.17) is 16.3 Å². The Morgan fingerprint density at radius 3 is 2.84 bits per heavy atom. The fraction of sp³-hybridized carbons (Fsp3) is 0.250. The molecule has 0 bridgehead atoms. The average molecular weight is 275 g/mol. The predicted molar refractivity (Wildman–Crippen MR) is 75.7 cm³/mol. The molecular formula is C16H15ClO2. The summed E-state index contributed by atoms with van der Waals surface area (Å²) in [4.78, 5) is 0. The lowest BCUT2D eigenvalue weighted by molar-refractivity contribution is 0.220. The van der Waals surface area contributed by atoms with E-state index in [2.05, 4.69) is 0 Å². The zero-order valence-corrected chi connectivity index (χ0v) is 11.4. The van der Waals surface area contributed by atoms with E-state index in [0.29, 0.717) is 5.02 Å². The maximum absolute atomic E-state index is 10.4. The van der Waals surface area contributed by atoms with Crippen LogP contribution in [0.1, 0.15) is 29.7 Å². The number of aliphatic hydroxyl groups is 1. The smallest absolute Gasteiger partial charge is 0.123 e. The van der Waals surface area contributed by atoms with Crippen LogP contribution < -0.4 is 4.74 Å². The van der Waals surface area contributed by atoms with Gasteiger partial charge in [-0.25, -0.2) is 0 Å². The fourth-order valence-electron chi connectivity index (χ4n) is 2.49. The molecule has 0 aliphatic carbocycles. The molecule has 1 aliphatic heterocycles. The van der Waals surface area contributed by atoms with Crippen LogP contribution in [0.3, 0.4) is 0 Å². The van der Waals surface area contributed by atoms with E-state index in [0.717, 1.165) is 28.9 Å². The number of hydrogen-bond acceptors (Lipinski definition) is 2. The molecule has 3 rings (SSSR count). The van der Waals surface area contributed by atoms with Crippen LogP contribution >= 0.6 is 11.6 Å². The first kappa shape index (κ1) is 12.5. The molecule has 98 valence electrons. The van der Waals surface area contributed by atoms with Gasteiger partial charge in [0.05, 0.1) is 0 Å². The third kappa shape index (κ3) is 2.34. The standard InChI is InChI=1S/C16H15ClO2/c1-10-8-12-9-11(6-7-15(12)19-10)16(18)13-4-2-3-5-14(13)17/h2-7,9-10,16,18H,8H2,1H3. The van der Waals surface area contributed by atoms with E-state index in [1.807, 2.05) is 43.3 Å². The lowest BCUT2D eigenvalue weighted by Gasteiger charge is -2.14. The largest absolute Gasteiger partial charge is 0.490 e. The highest BCUT2D eigenvalue weighted by molar-refractivity contribution is 6.31. The molecule has 0 fully saturated rings. The highest BCUT2D eigenvalue weighted by Gasteiger charge is 2.21. The molecule has 3 heteroatoms. The zero-order valence-electron chi connectivity index (χ0n) is 10.6. The molecule has 0 aromatic heterocycles. The molecule has 1 heterocycles. The minimum Gasteiger partial charge on any atom is -0.490 e. The number of benzene rings is 2. The highest BCUT2D eigenvalue weighted by atomic mass is 35.5. The molecule has 1 aliphatic rings. The van der Waals surface area contributed by atoms with Gasteiger partial charge in [-0.3, -0.25) is 0 Å². The number of ether oxygens (including phenoxy) is 1. The van der Waals surface area contributed by atoms with E-state index >= 15 is 0 Å². The van der Waals surface area contributed by atoms with E-state index < -0.39 is 6.10 Å². The summed E-state index contributed by atoms with van der Waals surface area (Å²) in [6.07, 6.45) is 0.399. The van der Waals surface area contributed by atoms with Gasteiger partial charge < -0.3 is 9.84 Å². The van der Waals surface area contributed by atoms with Gasteiger partial charge in [0.1, 0.15) is 18.0 Å². The second-order valence-corrected chi connectivity index (χ2v) is 5.33. The van der Waals surface area contributed by atoms with Crippen molar-refractivity contribution < 1.29 is 9.84 Å². The minimum atomic E-state index is -0.699. The Hall–Kier alpha value is -1.51. The van der Waals surface area contributed by atoms with Crippen molar-refractivity contribution in [2.75, 3.05) is 0 Å². The molecule has 0 saturated carbocycles. The summed E-state index contributed by atoms with van der Waals surface area (Å²) in [6.45, 7) is 2.05. The molecule has 1 N–H and O–H groups in total. The Bertz CT molecular complexity index is 609. The average Bonchev–Trinajstić information content (AvgIpc) is 2.77. The number of hydrogen-bond donors (Lipinski definition) is 1. The second-order valence-electron chi connectivity index (χ2n) is 4.92. The maximum Gasteiger partial charge on any atom is 0.123 e. The molecule has 2 atom stereocenters. The van der Waals surface area contributed by atoms with Crippen molar-refractivity contribution in [1.29, 1.82) is 0 Å². The zero-order chi connectivity index (χ0) is 13.4. The quantitative estimate of drug-likeness (QED) is 0.904. The highest BCUT2D eigenvalue weighted by Crippen LogP contribution is 2.34. The summed E-state index contributed by atoms with van der Waals surface area (Å²) in [7, 11) is 0. The van der Waals surface area contributed by atoms with Crippen LogP contribution in [-0.4, -0.2) is 11.2 Å². The lowest BCUT2D eigenvalue weighted by Crippen LogP contribution is -2.05. The topological polar surface area (TPSA) is 29.5 Å². The van der Waals surface area contributed by atoms with Gasteiger partial charge in [0.2, 0.25) is 0 Å². The Kier molecular flexibility index (Phi) is 3.21. The Labute approximate surface area is 117 Å². The van der Waals surface area contributed by atoms with Crippen molar-refractivity contribution in [3.8, 4) is 5.75 Å². The van der Waals surface area contributed by atoms with Gasteiger partial charge in [-0.2, -0.15) is 0 Å². The SMILES string of the molecule is CC1Cc2cc(C(O)c3ccccc3Cl)ccc2O1. The molecule has 19 heavy (non-hydrogen) atoms. The van der Waals surface area contributed by atoms with Crippen molar-refractivity contribution in [3.05, 3.63) is 64.2 Å². The van der Waals surface area contributed by atoms with E-state index in [1.165, 1.54) is 0 Å². The second kappa shape index (κ2) is 4.87. The number of fused-ring (bicyclic) bond motifs is 1. The summed E-state index contributed by atoms with van der Waals surface area (Å²) < 4.78 is 5.66. The summed E-state index contributed by atoms with van der Waals surface area (Å²) in [5, 5.41) is 11.0. The Balaban J connectivity index is 1.95. The molecule has 2 unspecified atom stereocenters. The summed E-state index contributed by atoms with van der Waals surface area (Å²) in [6, 6.07) is 13.2. The van der Waals surface area contributed by atoms with Crippen molar-refractivity contribution in [1.82, 2.24) is 0 Å². The van der Waals surface area contributed by atoms with Gasteiger partial charge in [0.25, 0.3) is 0 Å². The first-order chi connectivity index (χ1) is 9.15. The van der Waals surface area contributed by atoms with Gasteiger partial charge in [0.15, 0.2) is 0 Å². The molecule has 0 amide bonds. The lowest BCUT2D eigenvalue weighted by atomic mass is 9.98. The summed E-state index contributed by atoms with van der Waals surface area (Å²) in [5.74, 6) is 0.919. The van der Waals surface area contributed by atoms with Crippen LogP contribution in [0.15, 0.2) is 42.5 Å². The van der Waals surface area contributed by atoms with Crippen molar-refractivity contribution in [3.63, 3.8) is 0 Å². The third-order valence-corrected chi connectivity index (χ3v) is 3.78. The maximum atomic E-state index is 10.4. The first-order valence-corrected chi connectivity index (χ1v) is 6.75. The summed E-state index contributed by atoms with van der Waals surface area (Å²) >= 11 is 6.12.